The van der Waals surface area contributed by atoms with Gasteiger partial charge in [0, 0.05) is 83.8 Å². The summed E-state index contributed by atoms with van der Waals surface area (Å²) in [5, 5.41) is 32.5. The van der Waals surface area contributed by atoms with Crippen LogP contribution >= 0.6 is 0 Å². The maximum Gasteiger partial charge on any atom is 0.0612 e. The van der Waals surface area contributed by atoms with Crippen molar-refractivity contribution >= 4 is 28.6 Å². The molecule has 0 amide bonds. The van der Waals surface area contributed by atoms with E-state index in [0.717, 1.165) is 11.4 Å². The zero-order valence-corrected chi connectivity index (χ0v) is 44.2. The maximum atomic E-state index is 6.50. The number of benzene rings is 1. The molecule has 0 radical (unpaired) electrons. The van der Waals surface area contributed by atoms with Crippen LogP contribution in [-0.2, 0) is 0 Å². The van der Waals surface area contributed by atoms with Crippen molar-refractivity contribution in [1.29, 1.82) is 27.0 Å². The Kier molecular flexibility index (Phi) is 52.8. The third-order valence-corrected chi connectivity index (χ3v) is 6.64. The van der Waals surface area contributed by atoms with Gasteiger partial charge in [-0.1, -0.05) is 119 Å². The molecule has 4 heterocycles. The third kappa shape index (κ3) is 64.7. The van der Waals surface area contributed by atoms with E-state index in [1.807, 2.05) is 67.3 Å². The summed E-state index contributed by atoms with van der Waals surface area (Å²) in [6, 6.07) is 24.7. The van der Waals surface area contributed by atoms with E-state index in [9.17, 15) is 0 Å². The van der Waals surface area contributed by atoms with E-state index >= 15 is 0 Å². The minimum Gasteiger partial charge on any atom is -0.310 e. The van der Waals surface area contributed by atoms with Gasteiger partial charge in [0.25, 0.3) is 0 Å². The van der Waals surface area contributed by atoms with Gasteiger partial charge in [-0.3, -0.25) is 24.9 Å². The Morgan fingerprint density at radius 1 is 0.318 bits per heavy atom. The number of aromatic nitrogens is 5. The lowest BCUT2D eigenvalue weighted by molar-refractivity contribution is 0.812. The van der Waals surface area contributed by atoms with Gasteiger partial charge in [-0.05, 0) is 146 Å². The van der Waals surface area contributed by atoms with E-state index in [1.165, 1.54) is 16.7 Å². The van der Waals surface area contributed by atoms with Gasteiger partial charge in [0.1, 0.15) is 0 Å². The monoisotopic (exact) mass is 907 g/mol. The highest BCUT2D eigenvalue weighted by Gasteiger charge is 1.98. The molecular formula is C56H94N10. The molecule has 5 N–H and O–H groups in total. The summed E-state index contributed by atoms with van der Waals surface area (Å²) < 4.78 is 0. The van der Waals surface area contributed by atoms with Crippen LogP contribution in [0.2, 0.25) is 0 Å². The van der Waals surface area contributed by atoms with Crippen LogP contribution in [0.25, 0.3) is 0 Å². The van der Waals surface area contributed by atoms with Crippen molar-refractivity contribution in [2.75, 3.05) is 0 Å². The normalized spacial score (nSPS) is 8.86. The Morgan fingerprint density at radius 2 is 0.667 bits per heavy atom. The standard InChI is InChI=1S/C9H12.3C8H11N.C7H10N2.5C3H7N.CH4/c1-8(2)9-6-4-3-5-7-9;1-7(2)8-3-5-9-6-4-8;1-7(2)8-4-3-5-9-6-8;1-7(2)8-5-3-4-6-9-8;1-6(2)7-5-8-3-4-9-7;5*1-3(2)4;/h3-8H,1-2H3;3*3-7H,1-2H3;3-6H,1-2H3;5*4H,1-2H3;1H4. The highest BCUT2D eigenvalue weighted by molar-refractivity contribution is 5.76. The maximum absolute atomic E-state index is 6.50. The molecule has 0 fully saturated rings. The molecular weight excluding hydrogens is 813 g/mol. The first-order valence-corrected chi connectivity index (χ1v) is 22.3. The number of hydrogen-bond acceptors (Lipinski definition) is 10. The van der Waals surface area contributed by atoms with Crippen molar-refractivity contribution in [3.63, 3.8) is 0 Å². The van der Waals surface area contributed by atoms with Gasteiger partial charge >= 0.3 is 0 Å². The van der Waals surface area contributed by atoms with E-state index in [4.69, 9.17) is 27.0 Å². The quantitative estimate of drug-likeness (QED) is 0.110. The van der Waals surface area contributed by atoms with Gasteiger partial charge in [0.05, 0.1) is 5.69 Å². The van der Waals surface area contributed by atoms with Crippen molar-refractivity contribution in [3.05, 3.63) is 150 Å². The molecule has 0 aliphatic heterocycles. The Hall–Kier alpha value is -5.90. The zero-order valence-electron chi connectivity index (χ0n) is 44.2. The lowest BCUT2D eigenvalue weighted by Gasteiger charge is -2.01. The van der Waals surface area contributed by atoms with Crippen molar-refractivity contribution in [2.45, 2.75) is 175 Å². The van der Waals surface area contributed by atoms with Crippen LogP contribution in [-0.4, -0.2) is 53.5 Å². The molecule has 10 nitrogen and oxygen atoms in total. The summed E-state index contributed by atoms with van der Waals surface area (Å²) >= 11 is 0. The van der Waals surface area contributed by atoms with Crippen molar-refractivity contribution in [2.24, 2.45) is 0 Å². The summed E-state index contributed by atoms with van der Waals surface area (Å²) in [5.74, 6) is 2.91. The van der Waals surface area contributed by atoms with Crippen LogP contribution < -0.4 is 0 Å². The average Bonchev–Trinajstić information content (AvgIpc) is 3.22. The van der Waals surface area contributed by atoms with E-state index in [1.54, 1.807) is 94.0 Å². The predicted octanol–water partition coefficient (Wildman–Crippen LogP) is 16.9. The zero-order chi connectivity index (χ0) is 51.3. The van der Waals surface area contributed by atoms with Crippen LogP contribution in [0.1, 0.15) is 204 Å². The summed E-state index contributed by atoms with van der Waals surface area (Å²) in [6.45, 7) is 39.1. The number of hydrogen-bond donors (Lipinski definition) is 5. The lowest BCUT2D eigenvalue weighted by Crippen LogP contribution is -1.91. The molecule has 0 aliphatic rings. The van der Waals surface area contributed by atoms with Crippen LogP contribution in [0, 0.1) is 27.0 Å². The van der Waals surface area contributed by atoms with E-state index < -0.39 is 0 Å². The molecule has 5 aromatic rings. The molecule has 1 aromatic carbocycles. The molecule has 4 aromatic heterocycles. The summed E-state index contributed by atoms with van der Waals surface area (Å²) in [4.78, 5) is 20.2. The predicted molar refractivity (Wildman–Crippen MR) is 294 cm³/mol. The minimum absolute atomic E-state index is 0. The van der Waals surface area contributed by atoms with Crippen LogP contribution in [0.15, 0.2) is 122 Å². The smallest absolute Gasteiger partial charge is 0.0612 e. The SMILES string of the molecule is C.CC(C)=N.CC(C)=N.CC(C)=N.CC(C)=N.CC(C)=N.CC(C)c1ccccc1.CC(C)c1ccccn1.CC(C)c1cccnc1.CC(C)c1ccncc1.CC(C)c1cnccn1. The summed E-state index contributed by atoms with van der Waals surface area (Å²) in [7, 11) is 0. The first kappa shape index (κ1) is 71.7. The molecule has 0 spiro atoms. The van der Waals surface area contributed by atoms with E-state index in [2.05, 4.69) is 124 Å². The topological polar surface area (TPSA) is 184 Å². The number of nitrogens with zero attached hydrogens (tertiary/aromatic N) is 5. The van der Waals surface area contributed by atoms with E-state index in [-0.39, 0.29) is 7.43 Å². The average molecular weight is 907 g/mol. The van der Waals surface area contributed by atoms with Crippen molar-refractivity contribution in [3.8, 4) is 0 Å². The van der Waals surface area contributed by atoms with Gasteiger partial charge in [-0.2, -0.15) is 0 Å². The van der Waals surface area contributed by atoms with Crippen LogP contribution in [0.4, 0.5) is 0 Å². The fourth-order valence-corrected chi connectivity index (χ4v) is 3.63. The molecule has 0 saturated heterocycles. The molecule has 0 aliphatic carbocycles. The highest BCUT2D eigenvalue weighted by Crippen LogP contribution is 2.13. The Morgan fingerprint density at radius 3 is 0.894 bits per heavy atom. The number of nitrogens with one attached hydrogen (secondary N) is 5. The second-order valence-corrected chi connectivity index (χ2v) is 17.1. The molecule has 5 rings (SSSR count). The molecule has 0 unspecified atom stereocenters. The fraction of sp³-hybridized carbons (Fsp3) is 0.464. The fourth-order valence-electron chi connectivity index (χ4n) is 3.63. The second-order valence-electron chi connectivity index (χ2n) is 17.1. The largest absolute Gasteiger partial charge is 0.310 e. The first-order valence-electron chi connectivity index (χ1n) is 22.3. The Bertz CT molecular complexity index is 1500. The molecule has 0 saturated carbocycles. The molecule has 66 heavy (non-hydrogen) atoms. The van der Waals surface area contributed by atoms with Crippen LogP contribution in [0.3, 0.4) is 0 Å². The highest BCUT2D eigenvalue weighted by atomic mass is 14.8. The van der Waals surface area contributed by atoms with E-state index in [0.29, 0.717) is 58.1 Å². The summed E-state index contributed by atoms with van der Waals surface area (Å²) in [6.07, 6.45) is 14.4. The molecule has 0 bridgehead atoms. The summed E-state index contributed by atoms with van der Waals surface area (Å²) in [5.41, 5.74) is 9.62. The Labute approximate surface area is 405 Å². The van der Waals surface area contributed by atoms with Gasteiger partial charge in [0.2, 0.25) is 0 Å². The molecule has 10 heteroatoms. The first-order chi connectivity index (χ1) is 30.2. The van der Waals surface area contributed by atoms with Gasteiger partial charge in [-0.15, -0.1) is 0 Å². The van der Waals surface area contributed by atoms with Gasteiger partial charge < -0.3 is 27.0 Å². The lowest BCUT2D eigenvalue weighted by atomic mass is 10.0. The minimum atomic E-state index is 0. The Balaban J connectivity index is -0.000000155. The molecule has 368 valence electrons. The molecule has 0 atom stereocenters. The third-order valence-electron chi connectivity index (χ3n) is 6.64. The van der Waals surface area contributed by atoms with Gasteiger partial charge in [0.15, 0.2) is 0 Å². The second kappa shape index (κ2) is 48.6. The van der Waals surface area contributed by atoms with Gasteiger partial charge in [-0.25, -0.2) is 0 Å². The number of pyridine rings is 3. The van der Waals surface area contributed by atoms with Crippen molar-refractivity contribution < 1.29 is 0 Å². The van der Waals surface area contributed by atoms with Crippen LogP contribution in [0.5, 0.6) is 0 Å². The van der Waals surface area contributed by atoms with Crippen molar-refractivity contribution in [1.82, 2.24) is 24.9 Å². The number of rotatable bonds is 5.